The molecule has 1 aromatic carbocycles. The summed E-state index contributed by atoms with van der Waals surface area (Å²) in [6, 6.07) is 5.00. The molecule has 6 nitrogen and oxygen atoms in total. The lowest BCUT2D eigenvalue weighted by Crippen LogP contribution is -2.31. The number of benzene rings is 1. The Kier molecular flexibility index (Phi) is 6.02. The summed E-state index contributed by atoms with van der Waals surface area (Å²) in [5.41, 5.74) is 1.17. The highest BCUT2D eigenvalue weighted by atomic mass is 16.6. The first kappa shape index (κ1) is 17.9. The van der Waals surface area contributed by atoms with Gasteiger partial charge in [0.2, 0.25) is 0 Å². The molecule has 0 atom stereocenters. The van der Waals surface area contributed by atoms with E-state index >= 15 is 0 Å². The van der Waals surface area contributed by atoms with Gasteiger partial charge in [-0.2, -0.15) is 0 Å². The number of rotatable bonds is 6. The van der Waals surface area contributed by atoms with Gasteiger partial charge in [-0.15, -0.1) is 0 Å². The third-order valence-corrected chi connectivity index (χ3v) is 5.29. The Morgan fingerprint density at radius 2 is 1.64 bits per heavy atom. The molecular formula is C19H27N3O3. The number of nitro benzene ring substituents is 1. The van der Waals surface area contributed by atoms with Crippen LogP contribution in [0.4, 0.5) is 11.4 Å². The molecule has 2 saturated heterocycles. The van der Waals surface area contributed by atoms with Gasteiger partial charge in [0, 0.05) is 37.7 Å². The SMILES string of the molecule is O=C(CCN1CCCCC1)c1ccc(N2CCCCC2)c([N+](=O)[O-])c1. The predicted octanol–water partition coefficient (Wildman–Crippen LogP) is 3.64. The Morgan fingerprint density at radius 1 is 1.00 bits per heavy atom. The summed E-state index contributed by atoms with van der Waals surface area (Å²) in [5, 5.41) is 11.5. The molecule has 0 aromatic heterocycles. The number of nitro groups is 1. The zero-order valence-electron chi connectivity index (χ0n) is 14.8. The molecule has 0 bridgehead atoms. The van der Waals surface area contributed by atoms with E-state index in [1.165, 1.54) is 31.7 Å². The smallest absolute Gasteiger partial charge is 0.293 e. The molecule has 2 aliphatic heterocycles. The van der Waals surface area contributed by atoms with Crippen LogP contribution < -0.4 is 4.90 Å². The van der Waals surface area contributed by atoms with Crippen molar-refractivity contribution in [3.63, 3.8) is 0 Å². The highest BCUT2D eigenvalue weighted by Gasteiger charge is 2.23. The normalized spacial score (nSPS) is 19.0. The topological polar surface area (TPSA) is 66.7 Å². The zero-order valence-corrected chi connectivity index (χ0v) is 14.8. The lowest BCUT2D eigenvalue weighted by molar-refractivity contribution is -0.384. The van der Waals surface area contributed by atoms with Crippen LogP contribution in [0, 0.1) is 10.1 Å². The van der Waals surface area contributed by atoms with E-state index in [0.717, 1.165) is 45.6 Å². The third-order valence-electron chi connectivity index (χ3n) is 5.29. The Bertz CT molecular complexity index is 620. The van der Waals surface area contributed by atoms with Crippen LogP contribution in [0.1, 0.15) is 55.3 Å². The minimum Gasteiger partial charge on any atom is -0.366 e. The van der Waals surface area contributed by atoms with Gasteiger partial charge >= 0.3 is 0 Å². The highest BCUT2D eigenvalue weighted by molar-refractivity contribution is 5.97. The Morgan fingerprint density at radius 3 is 2.28 bits per heavy atom. The minimum absolute atomic E-state index is 0.00105. The van der Waals surface area contributed by atoms with Crippen LogP contribution in [0.15, 0.2) is 18.2 Å². The van der Waals surface area contributed by atoms with E-state index in [4.69, 9.17) is 0 Å². The van der Waals surface area contributed by atoms with Crippen LogP contribution in [0.5, 0.6) is 0 Å². The van der Waals surface area contributed by atoms with Crippen molar-refractivity contribution in [3.8, 4) is 0 Å². The summed E-state index contributed by atoms with van der Waals surface area (Å²) in [5.74, 6) is -0.00105. The molecule has 3 rings (SSSR count). The molecule has 2 aliphatic rings. The van der Waals surface area contributed by atoms with E-state index in [1.807, 2.05) is 0 Å². The van der Waals surface area contributed by atoms with Gasteiger partial charge in [0.25, 0.3) is 5.69 Å². The molecule has 0 unspecified atom stereocenters. The van der Waals surface area contributed by atoms with Gasteiger partial charge in [-0.3, -0.25) is 14.9 Å². The van der Waals surface area contributed by atoms with Crippen molar-refractivity contribution < 1.29 is 9.72 Å². The van der Waals surface area contributed by atoms with Crippen LogP contribution in [-0.2, 0) is 0 Å². The summed E-state index contributed by atoms with van der Waals surface area (Å²) in [7, 11) is 0. The van der Waals surface area contributed by atoms with Crippen molar-refractivity contribution in [1.29, 1.82) is 0 Å². The van der Waals surface area contributed by atoms with E-state index in [2.05, 4.69) is 9.80 Å². The number of hydrogen-bond acceptors (Lipinski definition) is 5. The highest BCUT2D eigenvalue weighted by Crippen LogP contribution is 2.31. The number of likely N-dealkylation sites (tertiary alicyclic amines) is 1. The Balaban J connectivity index is 1.69. The van der Waals surface area contributed by atoms with Gasteiger partial charge in [0.15, 0.2) is 5.78 Å². The maximum atomic E-state index is 12.5. The summed E-state index contributed by atoms with van der Waals surface area (Å²) in [6.45, 7) is 4.56. The number of carbonyl (C=O) groups excluding carboxylic acids is 1. The number of carbonyl (C=O) groups is 1. The molecule has 6 heteroatoms. The molecule has 1 aromatic rings. The summed E-state index contributed by atoms with van der Waals surface area (Å²) < 4.78 is 0. The van der Waals surface area contributed by atoms with Crippen molar-refractivity contribution >= 4 is 17.2 Å². The first-order valence-corrected chi connectivity index (χ1v) is 9.44. The summed E-state index contributed by atoms with van der Waals surface area (Å²) in [4.78, 5) is 28.0. The first-order valence-electron chi connectivity index (χ1n) is 9.44. The quantitative estimate of drug-likeness (QED) is 0.447. The second-order valence-corrected chi connectivity index (χ2v) is 7.08. The average Bonchev–Trinajstić information content (AvgIpc) is 2.67. The Hall–Kier alpha value is -1.95. The average molecular weight is 345 g/mol. The van der Waals surface area contributed by atoms with Gasteiger partial charge in [-0.1, -0.05) is 6.42 Å². The molecule has 2 fully saturated rings. The van der Waals surface area contributed by atoms with Crippen LogP contribution in [0.3, 0.4) is 0 Å². The molecule has 25 heavy (non-hydrogen) atoms. The van der Waals surface area contributed by atoms with Crippen molar-refractivity contribution in [2.75, 3.05) is 37.6 Å². The second kappa shape index (κ2) is 8.43. The monoisotopic (exact) mass is 345 g/mol. The fraction of sp³-hybridized carbons (Fsp3) is 0.632. The van der Waals surface area contributed by atoms with Gasteiger partial charge in [-0.05, 0) is 57.3 Å². The number of anilines is 1. The van der Waals surface area contributed by atoms with Crippen LogP contribution in [0.25, 0.3) is 0 Å². The number of nitrogens with zero attached hydrogens (tertiary/aromatic N) is 3. The molecule has 0 radical (unpaired) electrons. The van der Waals surface area contributed by atoms with Gasteiger partial charge in [0.1, 0.15) is 5.69 Å². The molecule has 0 spiro atoms. The van der Waals surface area contributed by atoms with Crippen molar-refractivity contribution in [2.45, 2.75) is 44.9 Å². The van der Waals surface area contributed by atoms with Gasteiger partial charge in [-0.25, -0.2) is 0 Å². The fourth-order valence-corrected chi connectivity index (χ4v) is 3.83. The van der Waals surface area contributed by atoms with Crippen molar-refractivity contribution in [1.82, 2.24) is 4.90 Å². The number of piperidine rings is 2. The molecule has 0 saturated carbocycles. The minimum atomic E-state index is -0.356. The van der Waals surface area contributed by atoms with Gasteiger partial charge < -0.3 is 9.80 Å². The van der Waals surface area contributed by atoms with Crippen molar-refractivity contribution in [3.05, 3.63) is 33.9 Å². The summed E-state index contributed by atoms with van der Waals surface area (Å²) in [6.07, 6.45) is 7.40. The molecule has 2 heterocycles. The number of ketones is 1. The lowest BCUT2D eigenvalue weighted by atomic mass is 10.0. The number of Topliss-reactive ketones (excluding diaryl/α,β-unsaturated/α-hetero) is 1. The zero-order chi connectivity index (χ0) is 17.6. The largest absolute Gasteiger partial charge is 0.366 e. The molecule has 0 N–H and O–H groups in total. The Labute approximate surface area is 148 Å². The van der Waals surface area contributed by atoms with E-state index in [1.54, 1.807) is 12.1 Å². The lowest BCUT2D eigenvalue weighted by Gasteiger charge is -2.28. The fourth-order valence-electron chi connectivity index (χ4n) is 3.83. The van der Waals surface area contributed by atoms with Crippen molar-refractivity contribution in [2.24, 2.45) is 0 Å². The standard InChI is InChI=1S/C19H27N3O3/c23-19(9-14-20-10-3-1-4-11-20)16-7-8-17(18(15-16)22(24)25)21-12-5-2-6-13-21/h7-8,15H,1-6,9-14H2. The first-order chi connectivity index (χ1) is 12.1. The third kappa shape index (κ3) is 4.57. The van der Waals surface area contributed by atoms with E-state index < -0.39 is 0 Å². The maximum Gasteiger partial charge on any atom is 0.293 e. The predicted molar refractivity (Wildman–Crippen MR) is 98.4 cm³/mol. The van der Waals surface area contributed by atoms with Crippen LogP contribution >= 0.6 is 0 Å². The van der Waals surface area contributed by atoms with E-state index in [0.29, 0.717) is 17.7 Å². The second-order valence-electron chi connectivity index (χ2n) is 7.08. The molecule has 0 aliphatic carbocycles. The molecule has 0 amide bonds. The van der Waals surface area contributed by atoms with Gasteiger partial charge in [0.05, 0.1) is 4.92 Å². The maximum absolute atomic E-state index is 12.5. The summed E-state index contributed by atoms with van der Waals surface area (Å²) >= 11 is 0. The van der Waals surface area contributed by atoms with Crippen LogP contribution in [-0.4, -0.2) is 48.3 Å². The van der Waals surface area contributed by atoms with E-state index in [-0.39, 0.29) is 16.4 Å². The van der Waals surface area contributed by atoms with Crippen LogP contribution in [0.2, 0.25) is 0 Å². The molecular weight excluding hydrogens is 318 g/mol. The van der Waals surface area contributed by atoms with E-state index in [9.17, 15) is 14.9 Å². The number of hydrogen-bond donors (Lipinski definition) is 0. The molecule has 136 valence electrons.